The van der Waals surface area contributed by atoms with Crippen LogP contribution in [0, 0.1) is 0 Å². The van der Waals surface area contributed by atoms with Crippen molar-refractivity contribution in [1.29, 1.82) is 0 Å². The van der Waals surface area contributed by atoms with Crippen LogP contribution in [0.15, 0.2) is 58.0 Å². The summed E-state index contributed by atoms with van der Waals surface area (Å²) in [5.74, 6) is 2.50. The summed E-state index contributed by atoms with van der Waals surface area (Å²) in [6, 6.07) is 16.7. The molecule has 2 aromatic carbocycles. The van der Waals surface area contributed by atoms with Gasteiger partial charge in [0.15, 0.2) is 5.82 Å². The Bertz CT molecular complexity index is 1320. The van der Waals surface area contributed by atoms with Crippen LogP contribution in [0.2, 0.25) is 0 Å². The number of halogens is 1. The summed E-state index contributed by atoms with van der Waals surface area (Å²) in [6.07, 6.45) is 3.06. The second-order valence-corrected chi connectivity index (χ2v) is 12.4. The van der Waals surface area contributed by atoms with Gasteiger partial charge in [0.2, 0.25) is 0 Å². The molecule has 0 radical (unpaired) electrons. The minimum absolute atomic E-state index is 0.180. The van der Waals surface area contributed by atoms with Gasteiger partial charge in [0.05, 0.1) is 18.8 Å². The van der Waals surface area contributed by atoms with E-state index in [0.29, 0.717) is 6.61 Å². The Morgan fingerprint density at radius 2 is 1.86 bits per heavy atom. The number of aromatic nitrogens is 2. The van der Waals surface area contributed by atoms with Crippen molar-refractivity contribution in [2.45, 2.75) is 63.0 Å². The molecule has 0 atom stereocenters. The van der Waals surface area contributed by atoms with Crippen LogP contribution in [0.1, 0.15) is 49.6 Å². The highest BCUT2D eigenvalue weighted by Gasteiger charge is 2.31. The Morgan fingerprint density at radius 3 is 2.60 bits per heavy atom. The van der Waals surface area contributed by atoms with Crippen LogP contribution in [0.3, 0.4) is 0 Å². The summed E-state index contributed by atoms with van der Waals surface area (Å²) >= 11 is 7.06. The molecule has 4 nitrogen and oxygen atoms in total. The van der Waals surface area contributed by atoms with E-state index in [4.69, 9.17) is 19.4 Å². The fraction of sp³-hybridized carbons (Fsp3) is 0.357. The highest BCUT2D eigenvalue weighted by atomic mass is 79.9. The van der Waals surface area contributed by atoms with Gasteiger partial charge in [-0.1, -0.05) is 41.4 Å². The van der Waals surface area contributed by atoms with Crippen molar-refractivity contribution in [1.82, 2.24) is 9.97 Å². The van der Waals surface area contributed by atoms with Gasteiger partial charge in [-0.25, -0.2) is 9.97 Å². The first kappa shape index (κ1) is 24.8. The number of unbranched alkanes of at least 4 members (excludes halogenated alkanes) is 1. The normalized spacial score (nSPS) is 14.7. The fourth-order valence-electron chi connectivity index (χ4n) is 4.11. The molecule has 3 heterocycles. The zero-order chi connectivity index (χ0) is 24.4. The first-order chi connectivity index (χ1) is 16.9. The summed E-state index contributed by atoms with van der Waals surface area (Å²) in [7, 11) is 0. The smallest absolute Gasteiger partial charge is 0.162 e. The molecule has 35 heavy (non-hydrogen) atoms. The molecule has 0 saturated heterocycles. The maximum atomic E-state index is 6.11. The number of ether oxygens (including phenoxy) is 2. The first-order valence-corrected chi connectivity index (χ1v) is 14.6. The predicted molar refractivity (Wildman–Crippen MR) is 150 cm³/mol. The van der Waals surface area contributed by atoms with Crippen molar-refractivity contribution >= 4 is 49.2 Å². The lowest BCUT2D eigenvalue weighted by Gasteiger charge is -2.30. The van der Waals surface area contributed by atoms with Crippen molar-refractivity contribution in [3.8, 4) is 17.1 Å². The molecule has 0 N–H and O–H groups in total. The molecule has 1 aliphatic heterocycles. The summed E-state index contributed by atoms with van der Waals surface area (Å²) in [4.78, 5) is 12.4. The third-order valence-electron chi connectivity index (χ3n) is 6.07. The number of thioether (sulfide) groups is 1. The molecule has 0 bridgehead atoms. The van der Waals surface area contributed by atoms with Gasteiger partial charge in [-0.2, -0.15) is 0 Å². The van der Waals surface area contributed by atoms with E-state index in [0.717, 1.165) is 63.1 Å². The van der Waals surface area contributed by atoms with Crippen LogP contribution in [0.5, 0.6) is 5.75 Å². The van der Waals surface area contributed by atoms with Gasteiger partial charge in [-0.3, -0.25) is 0 Å². The molecule has 0 fully saturated rings. The molecule has 2 aromatic heterocycles. The van der Waals surface area contributed by atoms with Gasteiger partial charge in [-0.05, 0) is 67.8 Å². The largest absolute Gasteiger partial charge is 0.494 e. The summed E-state index contributed by atoms with van der Waals surface area (Å²) in [5, 5.41) is 2.25. The lowest BCUT2D eigenvalue weighted by atomic mass is 9.94. The summed E-state index contributed by atoms with van der Waals surface area (Å²) in [5.41, 5.74) is 3.45. The van der Waals surface area contributed by atoms with Crippen molar-refractivity contribution in [3.63, 3.8) is 0 Å². The van der Waals surface area contributed by atoms with Crippen LogP contribution in [-0.4, -0.2) is 22.2 Å². The first-order valence-electron chi connectivity index (χ1n) is 12.0. The van der Waals surface area contributed by atoms with E-state index in [-0.39, 0.29) is 5.60 Å². The van der Waals surface area contributed by atoms with Gasteiger partial charge >= 0.3 is 0 Å². The number of thiophene rings is 1. The zero-order valence-corrected chi connectivity index (χ0v) is 23.5. The fourth-order valence-corrected chi connectivity index (χ4v) is 6.55. The minimum Gasteiger partial charge on any atom is -0.494 e. The number of rotatable bonds is 8. The number of hydrogen-bond acceptors (Lipinski definition) is 6. The van der Waals surface area contributed by atoms with Gasteiger partial charge in [-0.15, -0.1) is 23.1 Å². The molecule has 0 saturated carbocycles. The van der Waals surface area contributed by atoms with Crippen molar-refractivity contribution < 1.29 is 9.47 Å². The van der Waals surface area contributed by atoms with E-state index in [9.17, 15) is 0 Å². The third kappa shape index (κ3) is 5.74. The third-order valence-corrected chi connectivity index (χ3v) is 8.74. The Kier molecular flexibility index (Phi) is 7.49. The Balaban J connectivity index is 1.51. The molecule has 5 rings (SSSR count). The number of fused-ring (bicyclic) bond motifs is 3. The monoisotopic (exact) mass is 568 g/mol. The molecule has 0 aliphatic carbocycles. The lowest BCUT2D eigenvalue weighted by Crippen LogP contribution is -2.31. The standard InChI is InChI=1S/C28H29BrN2O2S2/c1-4-5-14-32-21-12-8-19(9-13-21)25-30-26(34-17-18-6-10-20(29)11-7-18)24-22-15-28(2,3)33-16-23(22)35-27(24)31-25/h6-13H,4-5,14-17H2,1-3H3. The van der Waals surface area contributed by atoms with Gasteiger partial charge < -0.3 is 9.47 Å². The quantitative estimate of drug-likeness (QED) is 0.121. The van der Waals surface area contributed by atoms with Crippen molar-refractivity contribution in [2.75, 3.05) is 6.61 Å². The highest BCUT2D eigenvalue weighted by Crippen LogP contribution is 2.43. The molecule has 0 unspecified atom stereocenters. The molecule has 182 valence electrons. The average Bonchev–Trinajstić information content (AvgIpc) is 3.21. The van der Waals surface area contributed by atoms with Gasteiger partial charge in [0.25, 0.3) is 0 Å². The van der Waals surface area contributed by atoms with E-state index < -0.39 is 0 Å². The van der Waals surface area contributed by atoms with E-state index in [2.05, 4.69) is 73.1 Å². The number of benzene rings is 2. The molecular formula is C28H29BrN2O2S2. The van der Waals surface area contributed by atoms with Crippen molar-refractivity contribution in [2.24, 2.45) is 0 Å². The van der Waals surface area contributed by atoms with Crippen molar-refractivity contribution in [3.05, 3.63) is 69.0 Å². The Labute approximate surface area is 223 Å². The van der Waals surface area contributed by atoms with Crippen LogP contribution in [-0.2, 0) is 23.5 Å². The van der Waals surface area contributed by atoms with Crippen LogP contribution < -0.4 is 4.74 Å². The highest BCUT2D eigenvalue weighted by molar-refractivity contribution is 9.10. The SMILES string of the molecule is CCCCOc1ccc(-c2nc(SCc3ccc(Br)cc3)c3c4c(sc3n2)COC(C)(C)C4)cc1. The maximum Gasteiger partial charge on any atom is 0.162 e. The second kappa shape index (κ2) is 10.6. The molecule has 0 spiro atoms. The zero-order valence-electron chi connectivity index (χ0n) is 20.3. The van der Waals surface area contributed by atoms with E-state index >= 15 is 0 Å². The van der Waals surface area contributed by atoms with Crippen LogP contribution in [0.4, 0.5) is 0 Å². The molecule has 4 aromatic rings. The predicted octanol–water partition coefficient (Wildman–Crippen LogP) is 8.44. The molecule has 0 amide bonds. The second-order valence-electron chi connectivity index (χ2n) is 9.40. The molecular weight excluding hydrogens is 540 g/mol. The van der Waals surface area contributed by atoms with E-state index in [1.807, 2.05) is 12.1 Å². The van der Waals surface area contributed by atoms with Gasteiger partial charge in [0.1, 0.15) is 15.6 Å². The maximum absolute atomic E-state index is 6.11. The molecule has 7 heteroatoms. The molecule has 1 aliphatic rings. The van der Waals surface area contributed by atoms with Crippen LogP contribution in [0.25, 0.3) is 21.6 Å². The Morgan fingerprint density at radius 1 is 1.09 bits per heavy atom. The Hall–Kier alpha value is -1.93. The van der Waals surface area contributed by atoms with Crippen LogP contribution >= 0.6 is 39.0 Å². The topological polar surface area (TPSA) is 44.2 Å². The number of hydrogen-bond donors (Lipinski definition) is 0. The minimum atomic E-state index is -0.180. The average molecular weight is 570 g/mol. The van der Waals surface area contributed by atoms with E-state index in [1.54, 1.807) is 23.1 Å². The lowest BCUT2D eigenvalue weighted by molar-refractivity contribution is -0.0379. The summed E-state index contributed by atoms with van der Waals surface area (Å²) < 4.78 is 13.0. The number of nitrogens with zero attached hydrogens (tertiary/aromatic N) is 2. The summed E-state index contributed by atoms with van der Waals surface area (Å²) in [6.45, 7) is 7.87. The van der Waals surface area contributed by atoms with E-state index in [1.165, 1.54) is 21.4 Å². The van der Waals surface area contributed by atoms with Gasteiger partial charge in [0, 0.05) is 32.5 Å².